The van der Waals surface area contributed by atoms with Crippen molar-refractivity contribution in [3.8, 4) is 0 Å². The van der Waals surface area contributed by atoms with Crippen LogP contribution in [0.2, 0.25) is 0 Å². The Labute approximate surface area is 134 Å². The summed E-state index contributed by atoms with van der Waals surface area (Å²) in [5.74, 6) is -0.514. The number of hydrogen-bond acceptors (Lipinski definition) is 3. The molecule has 4 nitrogen and oxygen atoms in total. The van der Waals surface area contributed by atoms with Crippen molar-refractivity contribution >= 4 is 16.7 Å². The summed E-state index contributed by atoms with van der Waals surface area (Å²) in [5.41, 5.74) is 0.276. The smallest absolute Gasteiger partial charge is 0.252 e. The Bertz CT molecular complexity index is 750. The van der Waals surface area contributed by atoms with Gasteiger partial charge in [0, 0.05) is 35.3 Å². The van der Waals surface area contributed by atoms with Crippen LogP contribution in [0.3, 0.4) is 0 Å². The monoisotopic (exact) mass is 314 g/mol. The molecule has 1 aliphatic heterocycles. The van der Waals surface area contributed by atoms with Crippen LogP contribution < -0.4 is 5.32 Å². The van der Waals surface area contributed by atoms with Crippen molar-refractivity contribution in [3.63, 3.8) is 0 Å². The summed E-state index contributed by atoms with van der Waals surface area (Å²) in [6.07, 6.45) is 8.22. The van der Waals surface area contributed by atoms with Crippen molar-refractivity contribution in [1.82, 2.24) is 10.3 Å². The van der Waals surface area contributed by atoms with Crippen LogP contribution >= 0.6 is 0 Å². The molecule has 1 saturated carbocycles. The third-order valence-corrected chi connectivity index (χ3v) is 5.20. The van der Waals surface area contributed by atoms with Gasteiger partial charge in [-0.1, -0.05) is 12.8 Å². The van der Waals surface area contributed by atoms with E-state index in [9.17, 15) is 9.18 Å². The standard InChI is InChI=1S/C18H19FN2O2/c19-15-4-3-13(14-11-20-9-5-12(14)15)17(22)21-16-6-10-23-18(16)7-1-2-8-18/h3-5,9,11,16H,1-2,6-8,10H2,(H,21,22)/t16-/m0/s1. The van der Waals surface area contributed by atoms with Crippen LogP contribution in [0.1, 0.15) is 42.5 Å². The first kappa shape index (κ1) is 14.6. The van der Waals surface area contributed by atoms with Crippen LogP contribution in [-0.2, 0) is 4.74 Å². The van der Waals surface area contributed by atoms with Gasteiger partial charge in [-0.3, -0.25) is 9.78 Å². The molecular weight excluding hydrogens is 295 g/mol. The van der Waals surface area contributed by atoms with E-state index < -0.39 is 0 Å². The number of hydrogen-bond donors (Lipinski definition) is 1. The van der Waals surface area contributed by atoms with E-state index >= 15 is 0 Å². The number of fused-ring (bicyclic) bond motifs is 1. The number of rotatable bonds is 2. The highest BCUT2D eigenvalue weighted by Gasteiger charge is 2.46. The molecular formula is C18H19FN2O2. The summed E-state index contributed by atoms with van der Waals surface area (Å²) in [6, 6.07) is 4.51. The number of nitrogens with zero attached hydrogens (tertiary/aromatic N) is 1. The number of pyridine rings is 1. The van der Waals surface area contributed by atoms with Crippen LogP contribution in [0.5, 0.6) is 0 Å². The maximum Gasteiger partial charge on any atom is 0.252 e. The van der Waals surface area contributed by atoms with E-state index in [-0.39, 0.29) is 23.4 Å². The fourth-order valence-corrected chi connectivity index (χ4v) is 4.00. The number of ether oxygens (including phenoxy) is 1. The maximum atomic E-state index is 13.9. The highest BCUT2D eigenvalue weighted by atomic mass is 19.1. The van der Waals surface area contributed by atoms with Crippen molar-refractivity contribution in [1.29, 1.82) is 0 Å². The van der Waals surface area contributed by atoms with Gasteiger partial charge < -0.3 is 10.1 Å². The summed E-state index contributed by atoms with van der Waals surface area (Å²) in [7, 11) is 0. The van der Waals surface area contributed by atoms with Crippen LogP contribution in [0.4, 0.5) is 4.39 Å². The van der Waals surface area contributed by atoms with E-state index in [1.807, 2.05) is 0 Å². The Hall–Kier alpha value is -2.01. The highest BCUT2D eigenvalue weighted by molar-refractivity contribution is 6.07. The largest absolute Gasteiger partial charge is 0.373 e. The molecule has 2 heterocycles. The minimum Gasteiger partial charge on any atom is -0.373 e. The molecule has 0 radical (unpaired) electrons. The van der Waals surface area contributed by atoms with E-state index in [0.717, 1.165) is 32.1 Å². The lowest BCUT2D eigenvalue weighted by Gasteiger charge is -2.30. The first-order chi connectivity index (χ1) is 11.2. The SMILES string of the molecule is O=C(N[C@H]1CCOC12CCCC2)c1ccc(F)c2ccncc12. The molecule has 1 N–H and O–H groups in total. The lowest BCUT2D eigenvalue weighted by Crippen LogP contribution is -2.48. The van der Waals surface area contributed by atoms with E-state index in [1.54, 1.807) is 12.3 Å². The molecule has 1 atom stereocenters. The fourth-order valence-electron chi connectivity index (χ4n) is 4.00. The molecule has 2 aromatic rings. The molecule has 5 heteroatoms. The minimum absolute atomic E-state index is 0.0364. The fraction of sp³-hybridized carbons (Fsp3) is 0.444. The predicted octanol–water partition coefficient (Wildman–Crippen LogP) is 3.21. The quantitative estimate of drug-likeness (QED) is 0.926. The minimum atomic E-state index is -0.338. The zero-order chi connectivity index (χ0) is 15.9. The molecule has 2 fully saturated rings. The van der Waals surface area contributed by atoms with Crippen LogP contribution in [-0.4, -0.2) is 29.1 Å². The summed E-state index contributed by atoms with van der Waals surface area (Å²) < 4.78 is 19.9. The van der Waals surface area contributed by atoms with E-state index in [4.69, 9.17) is 4.74 Å². The first-order valence-corrected chi connectivity index (χ1v) is 8.17. The van der Waals surface area contributed by atoms with Crippen molar-refractivity contribution in [2.45, 2.75) is 43.7 Å². The Morgan fingerprint density at radius 3 is 2.91 bits per heavy atom. The summed E-state index contributed by atoms with van der Waals surface area (Å²) >= 11 is 0. The summed E-state index contributed by atoms with van der Waals surface area (Å²) in [6.45, 7) is 0.691. The third-order valence-electron chi connectivity index (χ3n) is 5.20. The van der Waals surface area contributed by atoms with Gasteiger partial charge in [0.25, 0.3) is 5.91 Å². The van der Waals surface area contributed by atoms with Gasteiger partial charge in [-0.15, -0.1) is 0 Å². The average molecular weight is 314 g/mol. The molecule has 120 valence electrons. The zero-order valence-corrected chi connectivity index (χ0v) is 12.8. The second-order valence-electron chi connectivity index (χ2n) is 6.45. The molecule has 2 aliphatic rings. The Morgan fingerprint density at radius 1 is 1.26 bits per heavy atom. The topological polar surface area (TPSA) is 51.2 Å². The average Bonchev–Trinajstić information content (AvgIpc) is 3.19. The Kier molecular flexibility index (Phi) is 3.53. The molecule has 0 unspecified atom stereocenters. The first-order valence-electron chi connectivity index (χ1n) is 8.17. The van der Waals surface area contributed by atoms with Crippen molar-refractivity contribution in [3.05, 3.63) is 42.0 Å². The van der Waals surface area contributed by atoms with Gasteiger partial charge in [-0.05, 0) is 37.5 Å². The van der Waals surface area contributed by atoms with Crippen molar-refractivity contribution < 1.29 is 13.9 Å². The maximum absolute atomic E-state index is 13.9. The summed E-state index contributed by atoms with van der Waals surface area (Å²) in [4.78, 5) is 16.8. The number of halogens is 1. The number of carbonyl (C=O) groups is 1. The zero-order valence-electron chi connectivity index (χ0n) is 12.8. The predicted molar refractivity (Wildman–Crippen MR) is 84.7 cm³/mol. The van der Waals surface area contributed by atoms with Gasteiger partial charge in [0.1, 0.15) is 5.82 Å². The number of benzene rings is 1. The van der Waals surface area contributed by atoms with E-state index in [0.29, 0.717) is 22.9 Å². The van der Waals surface area contributed by atoms with Gasteiger partial charge >= 0.3 is 0 Å². The molecule has 1 aliphatic carbocycles. The molecule has 1 aromatic heterocycles. The molecule has 4 rings (SSSR count). The highest BCUT2D eigenvalue weighted by Crippen LogP contribution is 2.41. The van der Waals surface area contributed by atoms with E-state index in [1.165, 1.54) is 18.3 Å². The van der Waals surface area contributed by atoms with Crippen molar-refractivity contribution in [2.75, 3.05) is 6.61 Å². The third kappa shape index (κ3) is 2.39. The van der Waals surface area contributed by atoms with Gasteiger partial charge in [-0.25, -0.2) is 4.39 Å². The van der Waals surface area contributed by atoms with Gasteiger partial charge in [-0.2, -0.15) is 0 Å². The molecule has 1 saturated heterocycles. The second kappa shape index (κ2) is 5.57. The molecule has 1 aromatic carbocycles. The Balaban J connectivity index is 1.64. The van der Waals surface area contributed by atoms with Gasteiger partial charge in [0.2, 0.25) is 0 Å². The number of nitrogens with one attached hydrogen (secondary N) is 1. The van der Waals surface area contributed by atoms with Crippen molar-refractivity contribution in [2.24, 2.45) is 0 Å². The lowest BCUT2D eigenvalue weighted by atomic mass is 9.92. The normalized spacial score (nSPS) is 22.7. The second-order valence-corrected chi connectivity index (χ2v) is 6.45. The van der Waals surface area contributed by atoms with Crippen LogP contribution in [0, 0.1) is 5.82 Å². The number of carbonyl (C=O) groups excluding carboxylic acids is 1. The molecule has 23 heavy (non-hydrogen) atoms. The molecule has 1 spiro atoms. The van der Waals surface area contributed by atoms with E-state index in [2.05, 4.69) is 10.3 Å². The molecule has 0 bridgehead atoms. The van der Waals surface area contributed by atoms with Crippen LogP contribution in [0.25, 0.3) is 10.8 Å². The van der Waals surface area contributed by atoms with Gasteiger partial charge in [0.15, 0.2) is 0 Å². The van der Waals surface area contributed by atoms with Gasteiger partial charge in [0.05, 0.1) is 11.6 Å². The number of aromatic nitrogens is 1. The Morgan fingerprint density at radius 2 is 2.09 bits per heavy atom. The summed E-state index contributed by atoms with van der Waals surface area (Å²) in [5, 5.41) is 4.09. The lowest BCUT2D eigenvalue weighted by molar-refractivity contribution is -0.00399. The molecule has 1 amide bonds. The van der Waals surface area contributed by atoms with Crippen LogP contribution in [0.15, 0.2) is 30.6 Å². The number of amides is 1.